The van der Waals surface area contributed by atoms with Crippen LogP contribution >= 0.6 is 0 Å². The van der Waals surface area contributed by atoms with Crippen LogP contribution < -0.4 is 5.32 Å². The van der Waals surface area contributed by atoms with Crippen LogP contribution in [0, 0.1) is 0 Å². The molecular weight excluding hydrogens is 218 g/mol. The molecule has 1 aliphatic rings. The normalized spacial score (nSPS) is 15.5. The quantitative estimate of drug-likeness (QED) is 0.675. The molecule has 0 saturated heterocycles. The van der Waals surface area contributed by atoms with Crippen LogP contribution in [-0.2, 0) is 11.2 Å². The number of hydrogen-bond acceptors (Lipinski definition) is 3. The maximum Gasteiger partial charge on any atom is 0.228 e. The van der Waals surface area contributed by atoms with Crippen LogP contribution in [0.5, 0.6) is 0 Å². The van der Waals surface area contributed by atoms with Crippen LogP contribution in [-0.4, -0.2) is 22.7 Å². The third-order valence-electron chi connectivity index (χ3n) is 3.02. The van der Waals surface area contributed by atoms with Gasteiger partial charge in [-0.15, -0.1) is 0 Å². The smallest absolute Gasteiger partial charge is 0.228 e. The summed E-state index contributed by atoms with van der Waals surface area (Å²) < 4.78 is 0. The molecule has 1 aromatic rings. The second-order valence-corrected chi connectivity index (χ2v) is 4.38. The molecular formula is C13H17NO3. The molecule has 0 saturated carbocycles. The van der Waals surface area contributed by atoms with Crippen LogP contribution in [0.3, 0.4) is 0 Å². The van der Waals surface area contributed by atoms with Gasteiger partial charge in [0.05, 0.1) is 12.5 Å². The summed E-state index contributed by atoms with van der Waals surface area (Å²) in [5.41, 5.74) is 2.65. The Bertz CT molecular complexity index is 417. The minimum Gasteiger partial charge on any atom is -0.396 e. The van der Waals surface area contributed by atoms with Gasteiger partial charge in [-0.1, -0.05) is 12.1 Å². The van der Waals surface area contributed by atoms with E-state index in [0.29, 0.717) is 19.3 Å². The Kier molecular flexibility index (Phi) is 3.76. The zero-order valence-electron chi connectivity index (χ0n) is 9.65. The summed E-state index contributed by atoms with van der Waals surface area (Å²) in [7, 11) is 0. The van der Waals surface area contributed by atoms with Crippen molar-refractivity contribution in [2.24, 2.45) is 0 Å². The highest BCUT2D eigenvalue weighted by atomic mass is 16.3. The van der Waals surface area contributed by atoms with Gasteiger partial charge in [0, 0.05) is 12.3 Å². The van der Waals surface area contributed by atoms with Crippen molar-refractivity contribution < 1.29 is 15.0 Å². The SMILES string of the molecule is O=C1Cc2cc(C(O)CCCCO)ccc2N1. The number of nitrogens with one attached hydrogen (secondary N) is 1. The maximum absolute atomic E-state index is 11.2. The number of hydrogen-bond donors (Lipinski definition) is 3. The van der Waals surface area contributed by atoms with E-state index >= 15 is 0 Å². The lowest BCUT2D eigenvalue weighted by Crippen LogP contribution is -2.03. The molecule has 3 N–H and O–H groups in total. The molecule has 1 atom stereocenters. The number of rotatable bonds is 5. The molecule has 0 fully saturated rings. The second-order valence-electron chi connectivity index (χ2n) is 4.38. The van der Waals surface area contributed by atoms with E-state index < -0.39 is 6.10 Å². The number of amides is 1. The molecule has 17 heavy (non-hydrogen) atoms. The van der Waals surface area contributed by atoms with Crippen molar-refractivity contribution in [2.45, 2.75) is 31.8 Å². The van der Waals surface area contributed by atoms with Crippen molar-refractivity contribution in [2.75, 3.05) is 11.9 Å². The van der Waals surface area contributed by atoms with E-state index in [1.165, 1.54) is 0 Å². The number of benzene rings is 1. The first kappa shape index (κ1) is 12.1. The summed E-state index contributed by atoms with van der Waals surface area (Å²) in [6.07, 6.45) is 2.03. The molecule has 92 valence electrons. The first-order valence-corrected chi connectivity index (χ1v) is 5.92. The first-order chi connectivity index (χ1) is 8.20. The van der Waals surface area contributed by atoms with Crippen LogP contribution in [0.25, 0.3) is 0 Å². The molecule has 2 rings (SSSR count). The van der Waals surface area contributed by atoms with Gasteiger partial charge in [0.15, 0.2) is 0 Å². The first-order valence-electron chi connectivity index (χ1n) is 5.92. The van der Waals surface area contributed by atoms with Gasteiger partial charge in [-0.3, -0.25) is 4.79 Å². The molecule has 4 heteroatoms. The number of anilines is 1. The van der Waals surface area contributed by atoms with E-state index in [0.717, 1.165) is 23.2 Å². The van der Waals surface area contributed by atoms with Crippen LogP contribution in [0.4, 0.5) is 5.69 Å². The molecule has 1 aliphatic heterocycles. The van der Waals surface area contributed by atoms with Crippen molar-refractivity contribution in [3.8, 4) is 0 Å². The Balaban J connectivity index is 2.02. The fourth-order valence-electron chi connectivity index (χ4n) is 2.07. The molecule has 1 amide bonds. The van der Waals surface area contributed by atoms with Gasteiger partial charge in [0.2, 0.25) is 5.91 Å². The van der Waals surface area contributed by atoms with Gasteiger partial charge >= 0.3 is 0 Å². The summed E-state index contributed by atoms with van der Waals surface area (Å²) in [5, 5.41) is 21.4. The van der Waals surface area contributed by atoms with Gasteiger partial charge in [-0.05, 0) is 36.5 Å². The molecule has 4 nitrogen and oxygen atoms in total. The summed E-state index contributed by atoms with van der Waals surface area (Å²) >= 11 is 0. The molecule has 0 bridgehead atoms. The standard InChI is InChI=1S/C13H17NO3/c15-6-2-1-3-12(16)9-4-5-11-10(7-9)8-13(17)14-11/h4-5,7,12,15-16H,1-3,6,8H2,(H,14,17). The predicted octanol–water partition coefficient (Wildman–Crippen LogP) is 1.38. The topological polar surface area (TPSA) is 69.6 Å². The van der Waals surface area contributed by atoms with Crippen molar-refractivity contribution in [3.05, 3.63) is 29.3 Å². The van der Waals surface area contributed by atoms with Crippen LogP contribution in [0.2, 0.25) is 0 Å². The Hall–Kier alpha value is -1.39. The van der Waals surface area contributed by atoms with E-state index in [-0.39, 0.29) is 12.5 Å². The van der Waals surface area contributed by atoms with Gasteiger partial charge in [-0.25, -0.2) is 0 Å². The van der Waals surface area contributed by atoms with Crippen LogP contribution in [0.1, 0.15) is 36.5 Å². The number of aliphatic hydroxyl groups is 2. The lowest BCUT2D eigenvalue weighted by atomic mass is 10.0. The van der Waals surface area contributed by atoms with E-state index in [4.69, 9.17) is 5.11 Å². The number of carbonyl (C=O) groups excluding carboxylic acids is 1. The van der Waals surface area contributed by atoms with Crippen molar-refractivity contribution in [1.29, 1.82) is 0 Å². The number of carbonyl (C=O) groups is 1. The van der Waals surface area contributed by atoms with Crippen molar-refractivity contribution >= 4 is 11.6 Å². The molecule has 1 aromatic carbocycles. The number of fused-ring (bicyclic) bond motifs is 1. The lowest BCUT2D eigenvalue weighted by Gasteiger charge is -2.11. The van der Waals surface area contributed by atoms with E-state index in [1.807, 2.05) is 18.2 Å². The van der Waals surface area contributed by atoms with Crippen molar-refractivity contribution in [3.63, 3.8) is 0 Å². The molecule has 0 aromatic heterocycles. The highest BCUT2D eigenvalue weighted by Crippen LogP contribution is 2.28. The molecule has 0 aliphatic carbocycles. The highest BCUT2D eigenvalue weighted by Gasteiger charge is 2.19. The average Bonchev–Trinajstić information content (AvgIpc) is 2.68. The van der Waals surface area contributed by atoms with Gasteiger partial charge in [-0.2, -0.15) is 0 Å². The Morgan fingerprint density at radius 3 is 2.94 bits per heavy atom. The Labute approximate surface area is 100 Å². The summed E-state index contributed by atoms with van der Waals surface area (Å²) in [6.45, 7) is 0.162. The lowest BCUT2D eigenvalue weighted by molar-refractivity contribution is -0.115. The van der Waals surface area contributed by atoms with Crippen molar-refractivity contribution in [1.82, 2.24) is 0 Å². The van der Waals surface area contributed by atoms with E-state index in [2.05, 4.69) is 5.32 Å². The molecule has 0 spiro atoms. The fraction of sp³-hybridized carbons (Fsp3) is 0.462. The van der Waals surface area contributed by atoms with Gasteiger partial charge in [0.25, 0.3) is 0 Å². The molecule has 1 heterocycles. The largest absolute Gasteiger partial charge is 0.396 e. The summed E-state index contributed by atoms with van der Waals surface area (Å²) in [4.78, 5) is 11.2. The number of unbranched alkanes of at least 4 members (excludes halogenated alkanes) is 1. The predicted molar refractivity (Wildman–Crippen MR) is 64.7 cm³/mol. The minimum absolute atomic E-state index is 0.00641. The number of aliphatic hydroxyl groups excluding tert-OH is 2. The zero-order chi connectivity index (χ0) is 12.3. The summed E-state index contributed by atoms with van der Waals surface area (Å²) in [5.74, 6) is 0.00641. The Morgan fingerprint density at radius 2 is 2.18 bits per heavy atom. The third kappa shape index (κ3) is 2.84. The molecule has 1 unspecified atom stereocenters. The minimum atomic E-state index is -0.512. The monoisotopic (exact) mass is 235 g/mol. The summed E-state index contributed by atoms with van der Waals surface area (Å²) in [6, 6.07) is 5.57. The van der Waals surface area contributed by atoms with Gasteiger partial charge in [0.1, 0.15) is 0 Å². The van der Waals surface area contributed by atoms with E-state index in [9.17, 15) is 9.90 Å². The highest BCUT2D eigenvalue weighted by molar-refractivity contribution is 5.99. The third-order valence-corrected chi connectivity index (χ3v) is 3.02. The Morgan fingerprint density at radius 1 is 1.35 bits per heavy atom. The second kappa shape index (κ2) is 5.29. The van der Waals surface area contributed by atoms with E-state index in [1.54, 1.807) is 0 Å². The average molecular weight is 235 g/mol. The molecule has 0 radical (unpaired) electrons. The zero-order valence-corrected chi connectivity index (χ0v) is 9.65. The van der Waals surface area contributed by atoms with Gasteiger partial charge < -0.3 is 15.5 Å². The fourth-order valence-corrected chi connectivity index (χ4v) is 2.07. The maximum atomic E-state index is 11.2. The van der Waals surface area contributed by atoms with Crippen LogP contribution in [0.15, 0.2) is 18.2 Å².